The van der Waals surface area contributed by atoms with Crippen LogP contribution in [0.25, 0.3) is 11.7 Å². The second-order valence-electron chi connectivity index (χ2n) is 10.1. The first-order chi connectivity index (χ1) is 17.0. The van der Waals surface area contributed by atoms with Gasteiger partial charge in [0.2, 0.25) is 11.8 Å². The van der Waals surface area contributed by atoms with Crippen LogP contribution in [0.4, 0.5) is 10.6 Å². The van der Waals surface area contributed by atoms with Gasteiger partial charge in [-0.2, -0.15) is 4.52 Å². The summed E-state index contributed by atoms with van der Waals surface area (Å²) < 4.78 is 7.50. The molecule has 1 aliphatic carbocycles. The normalized spacial score (nSPS) is 16.5. The monoisotopic (exact) mass is 502 g/mol. The Bertz CT molecular complexity index is 1290. The van der Waals surface area contributed by atoms with E-state index in [0.29, 0.717) is 26.3 Å². The number of ether oxygens (including phenoxy) is 1. The summed E-state index contributed by atoms with van der Waals surface area (Å²) in [5.74, 6) is -1.97. The smallest absolute Gasteiger partial charge is 0.410 e. The summed E-state index contributed by atoms with van der Waals surface area (Å²) in [6.45, 7) is 7.42. The lowest BCUT2D eigenvalue weighted by Crippen LogP contribution is -2.39. The van der Waals surface area contributed by atoms with Gasteiger partial charge in [0, 0.05) is 31.8 Å². The fourth-order valence-electron chi connectivity index (χ4n) is 3.96. The first-order valence-corrected chi connectivity index (χ1v) is 11.7. The standard InChI is InChI=1S/C23H30N6O7/c1-23(2,3)12-28-19-14(6-7-15(30)27-8-10-36-11-9-27)17(25-22(34)35)26-29(19)21(33)16(20(28)32)18(31)24-13-4-5-13/h6-7,13,33H,4-5,8-12H2,1-3H3,(H,24,31)(H,25,26)(H,34,35)/b7-6+. The van der Waals surface area contributed by atoms with Gasteiger partial charge in [0.1, 0.15) is 0 Å². The van der Waals surface area contributed by atoms with Crippen molar-refractivity contribution in [3.8, 4) is 5.88 Å². The molecule has 0 radical (unpaired) electrons. The predicted octanol–water partition coefficient (Wildman–Crippen LogP) is 1.10. The van der Waals surface area contributed by atoms with Crippen molar-refractivity contribution in [3.05, 3.63) is 27.6 Å². The Hall–Kier alpha value is -3.87. The first-order valence-electron chi connectivity index (χ1n) is 11.7. The molecule has 1 saturated heterocycles. The van der Waals surface area contributed by atoms with Gasteiger partial charge in [0.15, 0.2) is 17.0 Å². The number of hydrogen-bond donors (Lipinski definition) is 4. The van der Waals surface area contributed by atoms with Crippen molar-refractivity contribution in [2.45, 2.75) is 46.2 Å². The molecule has 0 bridgehead atoms. The Morgan fingerprint density at radius 2 is 1.86 bits per heavy atom. The fraction of sp³-hybridized carbons (Fsp3) is 0.522. The molecule has 2 fully saturated rings. The van der Waals surface area contributed by atoms with E-state index in [9.17, 15) is 29.4 Å². The van der Waals surface area contributed by atoms with Gasteiger partial charge in [0.25, 0.3) is 11.5 Å². The molecule has 2 aliphatic rings. The number of carbonyl (C=O) groups is 3. The van der Waals surface area contributed by atoms with Gasteiger partial charge >= 0.3 is 6.09 Å². The molecule has 1 aliphatic heterocycles. The maximum atomic E-state index is 13.5. The van der Waals surface area contributed by atoms with Crippen LogP contribution >= 0.6 is 0 Å². The average molecular weight is 503 g/mol. The van der Waals surface area contributed by atoms with Gasteiger partial charge in [-0.1, -0.05) is 20.8 Å². The summed E-state index contributed by atoms with van der Waals surface area (Å²) in [6.07, 6.45) is 2.75. The Balaban J connectivity index is 1.91. The van der Waals surface area contributed by atoms with Crippen molar-refractivity contribution in [1.82, 2.24) is 24.4 Å². The van der Waals surface area contributed by atoms with E-state index in [1.165, 1.54) is 16.7 Å². The molecule has 0 aromatic carbocycles. The molecule has 4 rings (SSSR count). The summed E-state index contributed by atoms with van der Waals surface area (Å²) in [6, 6.07) is -0.0605. The van der Waals surface area contributed by atoms with Crippen molar-refractivity contribution >= 4 is 35.4 Å². The van der Waals surface area contributed by atoms with E-state index in [0.717, 1.165) is 17.4 Å². The summed E-state index contributed by atoms with van der Waals surface area (Å²) >= 11 is 0. The van der Waals surface area contributed by atoms with Gasteiger partial charge in [-0.05, 0) is 24.3 Å². The van der Waals surface area contributed by atoms with Crippen LogP contribution in [-0.4, -0.2) is 79.5 Å². The highest BCUT2D eigenvalue weighted by Gasteiger charge is 2.32. The Kier molecular flexibility index (Phi) is 6.76. The lowest BCUT2D eigenvalue weighted by atomic mass is 9.96. The number of amides is 3. The molecule has 0 spiro atoms. The zero-order chi connectivity index (χ0) is 26.2. The third kappa shape index (κ3) is 5.35. The van der Waals surface area contributed by atoms with E-state index in [2.05, 4.69) is 15.7 Å². The third-order valence-corrected chi connectivity index (χ3v) is 5.75. The quantitative estimate of drug-likeness (QED) is 0.426. The van der Waals surface area contributed by atoms with Crippen molar-refractivity contribution in [2.75, 3.05) is 31.6 Å². The lowest BCUT2D eigenvalue weighted by molar-refractivity contribution is -0.129. The summed E-state index contributed by atoms with van der Waals surface area (Å²) in [4.78, 5) is 52.2. The van der Waals surface area contributed by atoms with E-state index in [-0.39, 0.29) is 35.5 Å². The molecule has 3 heterocycles. The predicted molar refractivity (Wildman–Crippen MR) is 129 cm³/mol. The van der Waals surface area contributed by atoms with Gasteiger partial charge in [-0.15, -0.1) is 5.10 Å². The zero-order valence-electron chi connectivity index (χ0n) is 20.4. The van der Waals surface area contributed by atoms with E-state index in [1.54, 1.807) is 4.90 Å². The molecule has 0 atom stereocenters. The number of fused-ring (bicyclic) bond motifs is 1. The van der Waals surface area contributed by atoms with Crippen molar-refractivity contribution in [2.24, 2.45) is 5.41 Å². The Labute approximate surface area is 206 Å². The SMILES string of the molecule is CC(C)(C)Cn1c(=O)c(C(=O)NC2CC2)c(O)n2nc(NC(=O)O)c(/C=C/C(=O)N3CCOCC3)c12. The average Bonchev–Trinajstić information content (AvgIpc) is 3.54. The highest BCUT2D eigenvalue weighted by Crippen LogP contribution is 2.29. The van der Waals surface area contributed by atoms with Crippen LogP contribution in [0.3, 0.4) is 0 Å². The van der Waals surface area contributed by atoms with E-state index in [1.807, 2.05) is 20.8 Å². The van der Waals surface area contributed by atoms with Crippen LogP contribution < -0.4 is 16.2 Å². The molecule has 36 heavy (non-hydrogen) atoms. The summed E-state index contributed by atoms with van der Waals surface area (Å²) in [5.41, 5.74) is -1.53. The van der Waals surface area contributed by atoms with Crippen LogP contribution in [0, 0.1) is 5.41 Å². The molecule has 1 saturated carbocycles. The molecule has 2 aromatic heterocycles. The number of morpholine rings is 1. The lowest BCUT2D eigenvalue weighted by Gasteiger charge is -2.25. The fourth-order valence-corrected chi connectivity index (χ4v) is 3.96. The number of anilines is 1. The van der Waals surface area contributed by atoms with Crippen molar-refractivity contribution in [1.29, 1.82) is 0 Å². The molecule has 4 N–H and O–H groups in total. The van der Waals surface area contributed by atoms with E-state index >= 15 is 0 Å². The van der Waals surface area contributed by atoms with Crippen molar-refractivity contribution < 1.29 is 29.3 Å². The van der Waals surface area contributed by atoms with Gasteiger partial charge in [0.05, 0.1) is 18.8 Å². The van der Waals surface area contributed by atoms with Crippen LogP contribution in [0.5, 0.6) is 5.88 Å². The molecule has 13 heteroatoms. The number of nitrogens with zero attached hydrogens (tertiary/aromatic N) is 4. The highest BCUT2D eigenvalue weighted by atomic mass is 16.5. The third-order valence-electron chi connectivity index (χ3n) is 5.75. The van der Waals surface area contributed by atoms with E-state index in [4.69, 9.17) is 4.74 Å². The molecule has 0 unspecified atom stereocenters. The highest BCUT2D eigenvalue weighted by molar-refractivity contribution is 5.98. The van der Waals surface area contributed by atoms with Crippen LogP contribution in [-0.2, 0) is 16.1 Å². The number of nitrogens with one attached hydrogen (secondary N) is 2. The van der Waals surface area contributed by atoms with Gasteiger partial charge < -0.3 is 25.2 Å². The largest absolute Gasteiger partial charge is 0.492 e. The second-order valence-corrected chi connectivity index (χ2v) is 10.1. The molecule has 3 amide bonds. The summed E-state index contributed by atoms with van der Waals surface area (Å²) in [5, 5.41) is 29.3. The number of aromatic hydroxyl groups is 1. The number of rotatable bonds is 6. The Morgan fingerprint density at radius 3 is 2.44 bits per heavy atom. The second kappa shape index (κ2) is 9.64. The molecule has 2 aromatic rings. The molecular formula is C23H30N6O7. The minimum Gasteiger partial charge on any atom is -0.492 e. The maximum absolute atomic E-state index is 13.5. The Morgan fingerprint density at radius 1 is 1.19 bits per heavy atom. The maximum Gasteiger partial charge on any atom is 0.410 e. The topological polar surface area (TPSA) is 167 Å². The number of aromatic nitrogens is 3. The van der Waals surface area contributed by atoms with Crippen LogP contribution in [0.15, 0.2) is 10.9 Å². The summed E-state index contributed by atoms with van der Waals surface area (Å²) in [7, 11) is 0. The number of carbonyl (C=O) groups excluding carboxylic acids is 2. The van der Waals surface area contributed by atoms with Gasteiger partial charge in [-0.3, -0.25) is 24.3 Å². The van der Waals surface area contributed by atoms with Crippen LogP contribution in [0.2, 0.25) is 0 Å². The number of hydrogen-bond acceptors (Lipinski definition) is 7. The molecular weight excluding hydrogens is 472 g/mol. The van der Waals surface area contributed by atoms with Gasteiger partial charge in [-0.25, -0.2) is 4.79 Å². The first kappa shape index (κ1) is 25.2. The minimum absolute atomic E-state index is 0.0465. The van der Waals surface area contributed by atoms with E-state index < -0.39 is 34.4 Å². The molecule has 194 valence electrons. The number of carboxylic acid groups (broad SMARTS) is 1. The minimum atomic E-state index is -1.43. The van der Waals surface area contributed by atoms with Crippen LogP contribution in [0.1, 0.15) is 49.5 Å². The zero-order valence-corrected chi connectivity index (χ0v) is 20.4. The van der Waals surface area contributed by atoms with Crippen molar-refractivity contribution in [3.63, 3.8) is 0 Å². The molecule has 13 nitrogen and oxygen atoms in total.